The fourth-order valence-electron chi connectivity index (χ4n) is 8.37. The van der Waals surface area contributed by atoms with Crippen molar-refractivity contribution in [3.05, 3.63) is 99.6 Å². The summed E-state index contributed by atoms with van der Waals surface area (Å²) in [6.07, 6.45) is 1.17. The Morgan fingerprint density at radius 1 is 0.959 bits per heavy atom. The second-order valence-corrected chi connectivity index (χ2v) is 13.6. The highest BCUT2D eigenvalue weighted by Crippen LogP contribution is 2.57. The minimum absolute atomic E-state index is 0.137. The number of nitro benzene ring substituents is 1. The number of nitrogens with one attached hydrogen (secondary N) is 1. The molecule has 0 saturated carbocycles. The van der Waals surface area contributed by atoms with Crippen LogP contribution in [0.4, 0.5) is 5.69 Å². The lowest BCUT2D eigenvalue weighted by atomic mass is 9.52. The number of non-ortho nitro benzene ring substituents is 1. The van der Waals surface area contributed by atoms with Gasteiger partial charge in [0, 0.05) is 29.5 Å². The minimum atomic E-state index is -1.78. The Balaban J connectivity index is 1.41. The number of nitrogens with zero attached hydrogens (tertiary/aromatic N) is 2. The maximum Gasteiger partial charge on any atom is 0.312 e. The number of likely N-dealkylation sites (tertiary alicyclic amines) is 1. The van der Waals surface area contributed by atoms with Crippen molar-refractivity contribution in [1.29, 1.82) is 0 Å². The number of benzene rings is 3. The van der Waals surface area contributed by atoms with E-state index in [0.29, 0.717) is 13.0 Å². The van der Waals surface area contributed by atoms with E-state index < -0.39 is 45.8 Å². The average molecular weight is 675 g/mol. The third kappa shape index (κ3) is 6.36. The van der Waals surface area contributed by atoms with Crippen LogP contribution in [0.3, 0.4) is 0 Å². The molecule has 0 aliphatic carbocycles. The van der Waals surface area contributed by atoms with Gasteiger partial charge in [-0.25, -0.2) is 0 Å². The van der Waals surface area contributed by atoms with Gasteiger partial charge in [-0.2, -0.15) is 0 Å². The number of nitrogens with two attached hydrogens (primary N) is 1. The molecule has 2 saturated heterocycles. The Hall–Kier alpha value is -4.52. The molecule has 0 bridgehead atoms. The van der Waals surface area contributed by atoms with E-state index in [-0.39, 0.29) is 23.1 Å². The predicted octanol–water partition coefficient (Wildman–Crippen LogP) is 5.00. The summed E-state index contributed by atoms with van der Waals surface area (Å²) in [5.41, 5.74) is 5.18. The number of rotatable bonds is 12. The molecule has 12 nitrogen and oxygen atoms in total. The predicted molar refractivity (Wildman–Crippen MR) is 184 cm³/mol. The number of piperidine rings is 2. The summed E-state index contributed by atoms with van der Waals surface area (Å²) >= 11 is 0. The van der Waals surface area contributed by atoms with Crippen LogP contribution in [0.15, 0.2) is 72.8 Å². The van der Waals surface area contributed by atoms with Gasteiger partial charge in [0.1, 0.15) is 16.9 Å². The van der Waals surface area contributed by atoms with Gasteiger partial charge in [-0.1, -0.05) is 36.4 Å². The zero-order chi connectivity index (χ0) is 35.6. The summed E-state index contributed by atoms with van der Waals surface area (Å²) in [5.74, 6) is -2.02. The molecular formula is C37H46N4O8. The van der Waals surface area contributed by atoms with Crippen LogP contribution in [0.1, 0.15) is 62.1 Å². The molecule has 12 heteroatoms. The summed E-state index contributed by atoms with van der Waals surface area (Å²) in [5, 5.41) is 36.3. The molecule has 262 valence electrons. The molecule has 5 rings (SSSR count). The normalized spacial score (nSPS) is 26.8. The first kappa shape index (κ1) is 35.8. The van der Waals surface area contributed by atoms with Crippen molar-refractivity contribution in [2.75, 3.05) is 33.9 Å². The van der Waals surface area contributed by atoms with E-state index in [9.17, 15) is 29.9 Å². The van der Waals surface area contributed by atoms with Gasteiger partial charge in [-0.05, 0) is 100 Å². The first-order chi connectivity index (χ1) is 23.3. The molecule has 0 amide bonds. The monoisotopic (exact) mass is 674 g/mol. The Bertz CT molecular complexity index is 1610. The van der Waals surface area contributed by atoms with Crippen LogP contribution in [0.25, 0.3) is 0 Å². The Morgan fingerprint density at radius 3 is 1.98 bits per heavy atom. The molecule has 5 atom stereocenters. The fraction of sp³-hybridized carbons (Fsp3) is 0.459. The van der Waals surface area contributed by atoms with Gasteiger partial charge in [-0.3, -0.25) is 25.0 Å². The Labute approximate surface area is 286 Å². The van der Waals surface area contributed by atoms with E-state index in [2.05, 4.69) is 34.5 Å². The molecule has 2 aliphatic heterocycles. The van der Waals surface area contributed by atoms with Gasteiger partial charge in [-0.15, -0.1) is 0 Å². The number of ether oxygens (including phenoxy) is 2. The van der Waals surface area contributed by atoms with Crippen LogP contribution in [0.2, 0.25) is 0 Å². The SMILES string of the molecule is COc1ccc(C2(c3ccc(OC)cc3)CCN(CCCC3(C(=O)O)C(C)NC(N)C(C)(C(=O)O)[C@@H]3c3cccc([N+](=O)[O-])c3)CC2)cc1. The van der Waals surface area contributed by atoms with Crippen LogP contribution in [-0.2, 0) is 15.0 Å². The minimum Gasteiger partial charge on any atom is -0.497 e. The number of carbonyl (C=O) groups is 2. The molecule has 3 aromatic carbocycles. The molecule has 0 radical (unpaired) electrons. The maximum absolute atomic E-state index is 13.4. The lowest BCUT2D eigenvalue weighted by Gasteiger charge is -2.56. The molecule has 0 aromatic heterocycles. The fourth-order valence-corrected chi connectivity index (χ4v) is 8.37. The van der Waals surface area contributed by atoms with Crippen LogP contribution < -0.4 is 20.5 Å². The van der Waals surface area contributed by atoms with Crippen molar-refractivity contribution in [2.45, 2.75) is 63.1 Å². The number of aliphatic carboxylic acids is 2. The van der Waals surface area contributed by atoms with E-state index in [0.717, 1.165) is 37.4 Å². The van der Waals surface area contributed by atoms with Gasteiger partial charge in [0.25, 0.3) is 5.69 Å². The largest absolute Gasteiger partial charge is 0.497 e. The van der Waals surface area contributed by atoms with E-state index in [1.807, 2.05) is 24.3 Å². The van der Waals surface area contributed by atoms with Crippen molar-refractivity contribution < 1.29 is 34.2 Å². The smallest absolute Gasteiger partial charge is 0.312 e. The number of methoxy groups -OCH3 is 2. The second kappa shape index (κ2) is 14.1. The van der Waals surface area contributed by atoms with Crippen molar-refractivity contribution in [3.8, 4) is 11.5 Å². The van der Waals surface area contributed by atoms with Gasteiger partial charge in [0.2, 0.25) is 0 Å². The molecule has 0 spiro atoms. The molecular weight excluding hydrogens is 628 g/mol. The lowest BCUT2D eigenvalue weighted by Crippen LogP contribution is -2.72. The van der Waals surface area contributed by atoms with Crippen molar-refractivity contribution >= 4 is 17.6 Å². The number of hydrogen-bond donors (Lipinski definition) is 4. The van der Waals surface area contributed by atoms with Crippen LogP contribution in [0, 0.1) is 20.9 Å². The molecule has 2 fully saturated rings. The quantitative estimate of drug-likeness (QED) is 0.150. The highest BCUT2D eigenvalue weighted by atomic mass is 16.6. The maximum atomic E-state index is 13.4. The third-order valence-electron chi connectivity index (χ3n) is 11.3. The first-order valence-electron chi connectivity index (χ1n) is 16.6. The number of carboxylic acids is 2. The van der Waals surface area contributed by atoms with Crippen LogP contribution in [-0.4, -0.2) is 78.0 Å². The van der Waals surface area contributed by atoms with Crippen molar-refractivity contribution in [3.63, 3.8) is 0 Å². The number of hydrogen-bond acceptors (Lipinski definition) is 9. The van der Waals surface area contributed by atoms with E-state index in [1.54, 1.807) is 27.2 Å². The molecule has 2 aliphatic rings. The Kier molecular flexibility index (Phi) is 10.3. The molecule has 3 aromatic rings. The van der Waals surface area contributed by atoms with Crippen LogP contribution in [0.5, 0.6) is 11.5 Å². The summed E-state index contributed by atoms with van der Waals surface area (Å²) < 4.78 is 10.8. The molecule has 5 N–H and O–H groups in total. The second-order valence-electron chi connectivity index (χ2n) is 13.6. The number of carboxylic acid groups (broad SMARTS) is 2. The zero-order valence-electron chi connectivity index (χ0n) is 28.4. The summed E-state index contributed by atoms with van der Waals surface area (Å²) in [4.78, 5) is 39.8. The van der Waals surface area contributed by atoms with Gasteiger partial charge in [0.05, 0.1) is 30.7 Å². The topological polar surface area (TPSA) is 177 Å². The summed E-state index contributed by atoms with van der Waals surface area (Å²) in [6, 6.07) is 21.3. The van der Waals surface area contributed by atoms with Crippen molar-refractivity contribution in [1.82, 2.24) is 10.2 Å². The van der Waals surface area contributed by atoms with E-state index in [4.69, 9.17) is 15.2 Å². The lowest BCUT2D eigenvalue weighted by molar-refractivity contribution is -0.385. The number of nitro groups is 1. The van der Waals surface area contributed by atoms with Gasteiger partial charge in [0.15, 0.2) is 0 Å². The average Bonchev–Trinajstić information content (AvgIpc) is 3.10. The Morgan fingerprint density at radius 2 is 1.51 bits per heavy atom. The van der Waals surface area contributed by atoms with Gasteiger partial charge >= 0.3 is 11.9 Å². The standard InChI is InChI=1S/C37H46N4O8/c1-24-37(34(44)45,31(35(2,33(42)43)32(38)39-24)25-7-5-8-28(23-25)41(46)47)17-6-20-40-21-18-36(19-22-40,26-9-13-29(48-3)14-10-26)27-11-15-30(49-4)16-12-27/h5,7-16,23-24,31-32,39H,6,17-22,38H2,1-4H3,(H,42,43)(H,44,45)/t24?,31-,32?,35?,37?/m0/s1. The summed E-state index contributed by atoms with van der Waals surface area (Å²) in [6.45, 7) is 5.26. The molecule has 4 unspecified atom stereocenters. The highest BCUT2D eigenvalue weighted by Gasteiger charge is 2.65. The van der Waals surface area contributed by atoms with E-state index in [1.165, 1.54) is 36.2 Å². The van der Waals surface area contributed by atoms with Crippen molar-refractivity contribution in [2.24, 2.45) is 16.6 Å². The first-order valence-corrected chi connectivity index (χ1v) is 16.6. The zero-order valence-corrected chi connectivity index (χ0v) is 28.4. The highest BCUT2D eigenvalue weighted by molar-refractivity contribution is 5.84. The van der Waals surface area contributed by atoms with Crippen LogP contribution >= 0.6 is 0 Å². The summed E-state index contributed by atoms with van der Waals surface area (Å²) in [7, 11) is 3.29. The molecule has 49 heavy (non-hydrogen) atoms. The third-order valence-corrected chi connectivity index (χ3v) is 11.3. The molecule has 2 heterocycles. The van der Waals surface area contributed by atoms with Gasteiger partial charge < -0.3 is 30.3 Å². The van der Waals surface area contributed by atoms with E-state index >= 15 is 0 Å².